The zero-order valence-corrected chi connectivity index (χ0v) is 18.7. The number of methoxy groups -OCH3 is 1. The van der Waals surface area contributed by atoms with Gasteiger partial charge in [0.05, 0.1) is 36.2 Å². The SMILES string of the molecule is COc1ccccc1N1C[C@H](C(=O)Oc2ccc(N3C(=O)[C@@H]4CC=CC[C@H]4C3=O)cc2)CC1=O. The van der Waals surface area contributed by atoms with Gasteiger partial charge in [-0.3, -0.25) is 24.1 Å². The molecule has 0 saturated carbocycles. The molecule has 0 N–H and O–H groups in total. The molecule has 0 bridgehead atoms. The third-order valence-electron chi connectivity index (χ3n) is 6.66. The maximum Gasteiger partial charge on any atom is 0.316 e. The first-order valence-corrected chi connectivity index (χ1v) is 11.3. The second-order valence-corrected chi connectivity index (χ2v) is 8.66. The largest absolute Gasteiger partial charge is 0.495 e. The van der Waals surface area contributed by atoms with E-state index in [0.29, 0.717) is 30.0 Å². The first-order valence-electron chi connectivity index (χ1n) is 11.3. The van der Waals surface area contributed by atoms with Gasteiger partial charge in [0.15, 0.2) is 0 Å². The van der Waals surface area contributed by atoms with Gasteiger partial charge in [0.1, 0.15) is 11.5 Å². The summed E-state index contributed by atoms with van der Waals surface area (Å²) in [7, 11) is 1.53. The Balaban J connectivity index is 1.25. The summed E-state index contributed by atoms with van der Waals surface area (Å²) in [5.41, 5.74) is 1.08. The molecule has 8 nitrogen and oxygen atoms in total. The fourth-order valence-electron chi connectivity index (χ4n) is 4.87. The summed E-state index contributed by atoms with van der Waals surface area (Å²) >= 11 is 0. The Morgan fingerprint density at radius 2 is 1.56 bits per heavy atom. The minimum Gasteiger partial charge on any atom is -0.495 e. The highest BCUT2D eigenvalue weighted by Crippen LogP contribution is 2.38. The summed E-state index contributed by atoms with van der Waals surface area (Å²) in [4.78, 5) is 53.6. The van der Waals surface area contributed by atoms with Crippen molar-refractivity contribution in [2.75, 3.05) is 23.5 Å². The molecule has 0 radical (unpaired) electrons. The highest BCUT2D eigenvalue weighted by molar-refractivity contribution is 6.22. The number of amides is 3. The molecule has 174 valence electrons. The van der Waals surface area contributed by atoms with Crippen LogP contribution in [-0.4, -0.2) is 37.3 Å². The molecule has 5 rings (SSSR count). The number of ether oxygens (including phenoxy) is 2. The Labute approximate surface area is 196 Å². The van der Waals surface area contributed by atoms with E-state index in [0.717, 1.165) is 0 Å². The lowest BCUT2D eigenvalue weighted by Crippen LogP contribution is -2.30. The summed E-state index contributed by atoms with van der Waals surface area (Å²) in [6.45, 7) is 0.198. The second kappa shape index (κ2) is 8.78. The maximum absolute atomic E-state index is 12.8. The lowest BCUT2D eigenvalue weighted by Gasteiger charge is -2.19. The molecule has 8 heteroatoms. The topological polar surface area (TPSA) is 93.2 Å². The fraction of sp³-hybridized carbons (Fsp3) is 0.308. The van der Waals surface area contributed by atoms with Gasteiger partial charge in [-0.25, -0.2) is 0 Å². The van der Waals surface area contributed by atoms with Crippen molar-refractivity contribution in [3.8, 4) is 11.5 Å². The monoisotopic (exact) mass is 460 g/mol. The molecular weight excluding hydrogens is 436 g/mol. The van der Waals surface area contributed by atoms with Crippen LogP contribution in [0.25, 0.3) is 0 Å². The Morgan fingerprint density at radius 3 is 2.21 bits per heavy atom. The minimum absolute atomic E-state index is 0.0442. The average molecular weight is 460 g/mol. The van der Waals surface area contributed by atoms with Gasteiger partial charge in [-0.15, -0.1) is 0 Å². The highest BCUT2D eigenvalue weighted by Gasteiger charge is 2.47. The number of esters is 1. The Kier molecular flexibility index (Phi) is 5.65. The van der Waals surface area contributed by atoms with Crippen molar-refractivity contribution in [2.24, 2.45) is 17.8 Å². The van der Waals surface area contributed by atoms with Crippen LogP contribution in [-0.2, 0) is 19.2 Å². The third-order valence-corrected chi connectivity index (χ3v) is 6.66. The van der Waals surface area contributed by atoms with Gasteiger partial charge in [0, 0.05) is 13.0 Å². The number of benzene rings is 2. The van der Waals surface area contributed by atoms with Crippen LogP contribution in [0, 0.1) is 17.8 Å². The first kappa shape index (κ1) is 21.9. The number of para-hydroxylation sites is 2. The standard InChI is InChI=1S/C26H24N2O6/c1-33-22-9-5-4-8-21(22)27-15-16(14-23(27)29)26(32)34-18-12-10-17(11-13-18)28-24(30)19-6-2-3-7-20(19)25(28)31/h2-5,8-13,16,19-20H,6-7,14-15H2,1H3/t16-,19-,20-/m1/s1. The van der Waals surface area contributed by atoms with E-state index in [1.807, 2.05) is 18.2 Å². The van der Waals surface area contributed by atoms with E-state index in [4.69, 9.17) is 9.47 Å². The van der Waals surface area contributed by atoms with Crippen molar-refractivity contribution < 1.29 is 28.7 Å². The van der Waals surface area contributed by atoms with Crippen LogP contribution in [0.5, 0.6) is 11.5 Å². The molecule has 0 unspecified atom stereocenters. The predicted molar refractivity (Wildman–Crippen MR) is 123 cm³/mol. The summed E-state index contributed by atoms with van der Waals surface area (Å²) < 4.78 is 10.8. The van der Waals surface area contributed by atoms with Gasteiger partial charge in [0.25, 0.3) is 0 Å². The molecule has 2 aromatic carbocycles. The maximum atomic E-state index is 12.8. The van der Waals surface area contributed by atoms with E-state index in [2.05, 4.69) is 0 Å². The van der Waals surface area contributed by atoms with Crippen molar-refractivity contribution in [2.45, 2.75) is 19.3 Å². The number of hydrogen-bond donors (Lipinski definition) is 0. The van der Waals surface area contributed by atoms with E-state index < -0.39 is 11.9 Å². The summed E-state index contributed by atoms with van der Waals surface area (Å²) in [6, 6.07) is 13.5. The van der Waals surface area contributed by atoms with Crippen LogP contribution in [0.3, 0.4) is 0 Å². The van der Waals surface area contributed by atoms with Crippen LogP contribution in [0.15, 0.2) is 60.7 Å². The van der Waals surface area contributed by atoms with Crippen molar-refractivity contribution in [3.05, 3.63) is 60.7 Å². The van der Waals surface area contributed by atoms with Gasteiger partial charge >= 0.3 is 5.97 Å². The molecule has 0 spiro atoms. The minimum atomic E-state index is -0.616. The molecule has 2 heterocycles. The summed E-state index contributed by atoms with van der Waals surface area (Å²) in [5, 5.41) is 0. The van der Waals surface area contributed by atoms with Crippen molar-refractivity contribution in [1.29, 1.82) is 0 Å². The van der Waals surface area contributed by atoms with Crippen molar-refractivity contribution >= 4 is 35.1 Å². The summed E-state index contributed by atoms with van der Waals surface area (Å²) in [5.74, 6) is -1.45. The van der Waals surface area contributed by atoms with Gasteiger partial charge in [-0.2, -0.15) is 0 Å². The first-order chi connectivity index (χ1) is 16.5. The van der Waals surface area contributed by atoms with Crippen LogP contribution >= 0.6 is 0 Å². The van der Waals surface area contributed by atoms with Crippen LogP contribution in [0.4, 0.5) is 11.4 Å². The molecule has 0 aromatic heterocycles. The number of carbonyl (C=O) groups is 4. The number of hydrogen-bond acceptors (Lipinski definition) is 6. The fourth-order valence-corrected chi connectivity index (χ4v) is 4.87. The normalized spacial score (nSPS) is 23.9. The number of nitrogens with zero attached hydrogens (tertiary/aromatic N) is 2. The van der Waals surface area contributed by atoms with Crippen molar-refractivity contribution in [1.82, 2.24) is 0 Å². The number of rotatable bonds is 5. The van der Waals surface area contributed by atoms with Gasteiger partial charge in [0.2, 0.25) is 17.7 Å². The van der Waals surface area contributed by atoms with E-state index in [-0.39, 0.29) is 48.3 Å². The van der Waals surface area contributed by atoms with E-state index in [9.17, 15) is 19.2 Å². The lowest BCUT2D eigenvalue weighted by molar-refractivity contribution is -0.139. The number of fused-ring (bicyclic) bond motifs is 1. The molecule has 34 heavy (non-hydrogen) atoms. The highest BCUT2D eigenvalue weighted by atomic mass is 16.5. The number of anilines is 2. The zero-order chi connectivity index (χ0) is 23.8. The van der Waals surface area contributed by atoms with Crippen LogP contribution in [0.2, 0.25) is 0 Å². The molecular formula is C26H24N2O6. The second-order valence-electron chi connectivity index (χ2n) is 8.66. The number of allylic oxidation sites excluding steroid dienone is 2. The molecule has 3 atom stereocenters. The molecule has 2 aromatic rings. The Hall–Kier alpha value is -3.94. The summed E-state index contributed by atoms with van der Waals surface area (Å²) in [6.07, 6.45) is 5.09. The van der Waals surface area contributed by atoms with Gasteiger partial charge in [-0.1, -0.05) is 24.3 Å². The molecule has 3 amide bonds. The number of carbonyl (C=O) groups excluding carboxylic acids is 4. The molecule has 2 fully saturated rings. The van der Waals surface area contributed by atoms with E-state index in [1.54, 1.807) is 42.5 Å². The molecule has 2 saturated heterocycles. The Morgan fingerprint density at radius 1 is 0.912 bits per heavy atom. The molecule has 3 aliphatic rings. The van der Waals surface area contributed by atoms with Gasteiger partial charge in [-0.05, 0) is 49.2 Å². The van der Waals surface area contributed by atoms with E-state index in [1.165, 1.54) is 16.9 Å². The van der Waals surface area contributed by atoms with E-state index >= 15 is 0 Å². The lowest BCUT2D eigenvalue weighted by atomic mass is 9.85. The quantitative estimate of drug-likeness (QED) is 0.295. The average Bonchev–Trinajstić information content (AvgIpc) is 3.37. The predicted octanol–water partition coefficient (Wildman–Crippen LogP) is 3.11. The third kappa shape index (κ3) is 3.75. The molecule has 2 aliphatic heterocycles. The molecule has 1 aliphatic carbocycles. The smallest absolute Gasteiger partial charge is 0.316 e. The van der Waals surface area contributed by atoms with Crippen LogP contribution < -0.4 is 19.3 Å². The van der Waals surface area contributed by atoms with Crippen LogP contribution in [0.1, 0.15) is 19.3 Å². The van der Waals surface area contributed by atoms with Crippen molar-refractivity contribution in [3.63, 3.8) is 0 Å². The Bertz CT molecular complexity index is 1160. The zero-order valence-electron chi connectivity index (χ0n) is 18.7. The van der Waals surface area contributed by atoms with Gasteiger partial charge < -0.3 is 14.4 Å². The number of imide groups is 1.